The van der Waals surface area contributed by atoms with E-state index in [9.17, 15) is 23.1 Å². The molecule has 1 fully saturated rings. The average molecular weight is 302 g/mol. The number of rotatable bonds is 4. The minimum atomic E-state index is -4.42. The third-order valence-corrected chi connectivity index (χ3v) is 3.38. The van der Waals surface area contributed by atoms with Gasteiger partial charge < -0.3 is 15.3 Å². The van der Waals surface area contributed by atoms with Crippen molar-refractivity contribution in [3.63, 3.8) is 0 Å². The first-order chi connectivity index (χ1) is 9.84. The molecule has 1 amide bonds. The lowest BCUT2D eigenvalue weighted by Crippen LogP contribution is -2.26. The number of nitrogens with zero attached hydrogens (tertiary/aromatic N) is 1. The maximum Gasteiger partial charge on any atom is 0.416 e. The third-order valence-electron chi connectivity index (χ3n) is 3.38. The van der Waals surface area contributed by atoms with Gasteiger partial charge in [0.1, 0.15) is 0 Å². The maximum absolute atomic E-state index is 12.6. The van der Waals surface area contributed by atoms with E-state index in [0.29, 0.717) is 19.5 Å². The number of hydrogen-bond donors (Lipinski definition) is 2. The van der Waals surface area contributed by atoms with Gasteiger partial charge in [0.2, 0.25) is 5.91 Å². The zero-order valence-corrected chi connectivity index (χ0v) is 11.4. The number of alkyl halides is 3. The van der Waals surface area contributed by atoms with Crippen molar-refractivity contribution in [3.05, 3.63) is 29.8 Å². The number of carbonyl (C=O) groups is 1. The molecule has 0 unspecified atom stereocenters. The van der Waals surface area contributed by atoms with Crippen LogP contribution >= 0.6 is 0 Å². The summed E-state index contributed by atoms with van der Waals surface area (Å²) in [6.07, 6.45) is -3.90. The number of aliphatic hydroxyl groups is 1. The van der Waals surface area contributed by atoms with E-state index in [0.717, 1.165) is 18.7 Å². The molecule has 0 saturated carbocycles. The number of β-amino-alcohol motifs (C(OH)–C–C–N with tert-alkyl or cyclic N) is 1. The van der Waals surface area contributed by atoms with Crippen LogP contribution in [0, 0.1) is 0 Å². The van der Waals surface area contributed by atoms with E-state index in [4.69, 9.17) is 0 Å². The van der Waals surface area contributed by atoms with Crippen LogP contribution in [-0.2, 0) is 11.0 Å². The van der Waals surface area contributed by atoms with Crippen LogP contribution in [-0.4, -0.2) is 41.7 Å². The van der Waals surface area contributed by atoms with Gasteiger partial charge in [-0.25, -0.2) is 0 Å². The zero-order chi connectivity index (χ0) is 15.5. The molecule has 1 saturated heterocycles. The molecule has 1 aromatic carbocycles. The summed E-state index contributed by atoms with van der Waals surface area (Å²) in [4.78, 5) is 13.7. The first-order valence-electron chi connectivity index (χ1n) is 6.72. The van der Waals surface area contributed by atoms with Gasteiger partial charge in [0.15, 0.2) is 0 Å². The second kappa shape index (κ2) is 6.44. The number of halogens is 3. The molecule has 116 valence electrons. The molecule has 1 aliphatic heterocycles. The molecule has 1 heterocycles. The molecule has 4 nitrogen and oxygen atoms in total. The highest BCUT2D eigenvalue weighted by Crippen LogP contribution is 2.30. The summed E-state index contributed by atoms with van der Waals surface area (Å²) in [5, 5.41) is 11.8. The Labute approximate surface area is 120 Å². The number of anilines is 1. The molecule has 0 bridgehead atoms. The summed E-state index contributed by atoms with van der Waals surface area (Å²) in [6, 6.07) is 4.56. The summed E-state index contributed by atoms with van der Waals surface area (Å²) >= 11 is 0. The Morgan fingerprint density at radius 3 is 2.81 bits per heavy atom. The standard InChI is InChI=1S/C14H17F3N2O2/c15-14(16,17)10-2-1-3-11(8-10)18-13(21)5-7-19-6-4-12(20)9-19/h1-3,8,12,20H,4-7,9H2,(H,18,21)/t12-/m0/s1. The third kappa shape index (κ3) is 4.71. The molecule has 2 rings (SSSR count). The van der Waals surface area contributed by atoms with Crippen LogP contribution in [0.15, 0.2) is 24.3 Å². The van der Waals surface area contributed by atoms with Gasteiger partial charge in [-0.3, -0.25) is 4.79 Å². The van der Waals surface area contributed by atoms with Gasteiger partial charge in [0.05, 0.1) is 11.7 Å². The highest BCUT2D eigenvalue weighted by Gasteiger charge is 2.30. The van der Waals surface area contributed by atoms with Gasteiger partial charge in [0, 0.05) is 31.7 Å². The second-order valence-corrected chi connectivity index (χ2v) is 5.12. The Kier molecular flexibility index (Phi) is 4.84. The van der Waals surface area contributed by atoms with Crippen molar-refractivity contribution in [2.24, 2.45) is 0 Å². The quantitative estimate of drug-likeness (QED) is 0.895. The molecule has 0 spiro atoms. The first kappa shape index (κ1) is 15.8. The van der Waals surface area contributed by atoms with Crippen LogP contribution in [0.4, 0.5) is 18.9 Å². The maximum atomic E-state index is 12.6. The Bertz CT molecular complexity index is 505. The molecule has 21 heavy (non-hydrogen) atoms. The van der Waals surface area contributed by atoms with E-state index in [1.165, 1.54) is 12.1 Å². The number of amides is 1. The Hall–Kier alpha value is -1.60. The smallest absolute Gasteiger partial charge is 0.392 e. The number of hydrogen-bond acceptors (Lipinski definition) is 3. The minimum Gasteiger partial charge on any atom is -0.392 e. The zero-order valence-electron chi connectivity index (χ0n) is 11.4. The molecular formula is C14H17F3N2O2. The summed E-state index contributed by atoms with van der Waals surface area (Å²) in [5.41, 5.74) is -0.653. The average Bonchev–Trinajstić information content (AvgIpc) is 2.82. The van der Waals surface area contributed by atoms with Gasteiger partial charge in [0.25, 0.3) is 0 Å². The van der Waals surface area contributed by atoms with Crippen molar-refractivity contribution in [2.75, 3.05) is 25.0 Å². The number of carbonyl (C=O) groups excluding carboxylic acids is 1. The lowest BCUT2D eigenvalue weighted by molar-refractivity contribution is -0.137. The monoisotopic (exact) mass is 302 g/mol. The molecule has 7 heteroatoms. The number of benzene rings is 1. The predicted molar refractivity (Wildman–Crippen MR) is 71.8 cm³/mol. The second-order valence-electron chi connectivity index (χ2n) is 5.12. The first-order valence-corrected chi connectivity index (χ1v) is 6.72. The molecule has 0 aliphatic carbocycles. The lowest BCUT2D eigenvalue weighted by atomic mass is 10.2. The van der Waals surface area contributed by atoms with Gasteiger partial charge in [-0.1, -0.05) is 6.07 Å². The van der Waals surface area contributed by atoms with E-state index in [1.807, 2.05) is 4.90 Å². The number of nitrogens with one attached hydrogen (secondary N) is 1. The Morgan fingerprint density at radius 1 is 1.43 bits per heavy atom. The van der Waals surface area contributed by atoms with E-state index in [1.54, 1.807) is 0 Å². The van der Waals surface area contributed by atoms with Crippen molar-refractivity contribution in [2.45, 2.75) is 25.1 Å². The van der Waals surface area contributed by atoms with E-state index in [2.05, 4.69) is 5.32 Å². The molecule has 1 aromatic rings. The van der Waals surface area contributed by atoms with Crippen LogP contribution in [0.3, 0.4) is 0 Å². The van der Waals surface area contributed by atoms with Crippen molar-refractivity contribution < 1.29 is 23.1 Å². The van der Waals surface area contributed by atoms with Crippen LogP contribution < -0.4 is 5.32 Å². The molecular weight excluding hydrogens is 285 g/mol. The van der Waals surface area contributed by atoms with Crippen molar-refractivity contribution >= 4 is 11.6 Å². The highest BCUT2D eigenvalue weighted by molar-refractivity contribution is 5.90. The SMILES string of the molecule is O=C(CCN1CC[C@H](O)C1)Nc1cccc(C(F)(F)F)c1. The normalized spacial score (nSPS) is 19.7. The molecule has 1 atom stereocenters. The fraction of sp³-hybridized carbons (Fsp3) is 0.500. The Balaban J connectivity index is 1.85. The van der Waals surface area contributed by atoms with Crippen LogP contribution in [0.2, 0.25) is 0 Å². The fourth-order valence-electron chi connectivity index (χ4n) is 2.27. The van der Waals surface area contributed by atoms with E-state index >= 15 is 0 Å². The summed E-state index contributed by atoms with van der Waals surface area (Å²) < 4.78 is 37.7. The summed E-state index contributed by atoms with van der Waals surface area (Å²) in [5.74, 6) is -0.337. The van der Waals surface area contributed by atoms with Gasteiger partial charge in [-0.05, 0) is 24.6 Å². The number of aliphatic hydroxyl groups excluding tert-OH is 1. The topological polar surface area (TPSA) is 52.6 Å². The van der Waals surface area contributed by atoms with Gasteiger partial charge >= 0.3 is 6.18 Å². The highest BCUT2D eigenvalue weighted by atomic mass is 19.4. The van der Waals surface area contributed by atoms with E-state index in [-0.39, 0.29) is 24.1 Å². The van der Waals surface area contributed by atoms with Gasteiger partial charge in [-0.2, -0.15) is 13.2 Å². The van der Waals surface area contributed by atoms with Crippen molar-refractivity contribution in [1.82, 2.24) is 4.90 Å². The van der Waals surface area contributed by atoms with Crippen LogP contribution in [0.1, 0.15) is 18.4 Å². The number of likely N-dealkylation sites (tertiary alicyclic amines) is 1. The molecule has 0 radical (unpaired) electrons. The molecule has 2 N–H and O–H groups in total. The summed E-state index contributed by atoms with van der Waals surface area (Å²) in [6.45, 7) is 1.76. The largest absolute Gasteiger partial charge is 0.416 e. The fourth-order valence-corrected chi connectivity index (χ4v) is 2.27. The van der Waals surface area contributed by atoms with E-state index < -0.39 is 11.7 Å². The van der Waals surface area contributed by atoms with Crippen LogP contribution in [0.25, 0.3) is 0 Å². The van der Waals surface area contributed by atoms with Gasteiger partial charge in [-0.15, -0.1) is 0 Å². The predicted octanol–water partition coefficient (Wildman–Crippen LogP) is 2.10. The lowest BCUT2D eigenvalue weighted by Gasteiger charge is -2.14. The molecule has 0 aromatic heterocycles. The molecule has 1 aliphatic rings. The Morgan fingerprint density at radius 2 is 2.19 bits per heavy atom. The van der Waals surface area contributed by atoms with Crippen molar-refractivity contribution in [3.8, 4) is 0 Å². The minimum absolute atomic E-state index is 0.135. The van der Waals surface area contributed by atoms with Crippen LogP contribution in [0.5, 0.6) is 0 Å². The summed E-state index contributed by atoms with van der Waals surface area (Å²) in [7, 11) is 0. The van der Waals surface area contributed by atoms with Crippen molar-refractivity contribution in [1.29, 1.82) is 0 Å².